The van der Waals surface area contributed by atoms with Crippen molar-refractivity contribution in [1.82, 2.24) is 0 Å². The molecule has 0 bridgehead atoms. The second-order valence-corrected chi connectivity index (χ2v) is 5.22. The molecular weight excluding hydrogens is 273 g/mol. The van der Waals surface area contributed by atoms with Crippen LogP contribution in [0.15, 0.2) is 18.2 Å². The van der Waals surface area contributed by atoms with Gasteiger partial charge in [-0.25, -0.2) is 0 Å². The average molecular weight is 285 g/mol. The van der Waals surface area contributed by atoms with E-state index in [1.165, 1.54) is 5.56 Å². The monoisotopic (exact) mass is 285 g/mol. The minimum atomic E-state index is 0.121. The molecule has 0 N–H and O–H groups in total. The van der Waals surface area contributed by atoms with Crippen LogP contribution in [0.5, 0.6) is 0 Å². The second kappa shape index (κ2) is 3.67. The molecule has 1 nitrogen and oxygen atoms in total. The predicted molar refractivity (Wildman–Crippen MR) is 62.6 cm³/mol. The third kappa shape index (κ3) is 2.44. The third-order valence-corrected chi connectivity index (χ3v) is 2.89. The first-order valence-electron chi connectivity index (χ1n) is 4.15. The Morgan fingerprint density at radius 3 is 2.38 bits per heavy atom. The maximum Gasteiger partial charge on any atom is 0.100 e. The summed E-state index contributed by atoms with van der Waals surface area (Å²) in [6, 6.07) is 8.26. The van der Waals surface area contributed by atoms with E-state index in [1.807, 2.05) is 12.1 Å². The molecule has 2 heteroatoms. The summed E-state index contributed by atoms with van der Waals surface area (Å²) in [5.74, 6) is 0. The van der Waals surface area contributed by atoms with Crippen molar-refractivity contribution in [3.05, 3.63) is 32.9 Å². The molecule has 0 aliphatic rings. The molecule has 0 aliphatic heterocycles. The van der Waals surface area contributed by atoms with Crippen LogP contribution in [-0.2, 0) is 5.41 Å². The normalized spacial score (nSPS) is 11.0. The van der Waals surface area contributed by atoms with Gasteiger partial charge in [0.15, 0.2) is 0 Å². The summed E-state index contributed by atoms with van der Waals surface area (Å²) in [5.41, 5.74) is 2.10. The lowest BCUT2D eigenvalue weighted by molar-refractivity contribution is 0.590. The van der Waals surface area contributed by atoms with Gasteiger partial charge in [-0.1, -0.05) is 26.8 Å². The molecule has 0 heterocycles. The lowest BCUT2D eigenvalue weighted by Gasteiger charge is -2.19. The van der Waals surface area contributed by atoms with Gasteiger partial charge in [0, 0.05) is 3.57 Å². The van der Waals surface area contributed by atoms with Crippen LogP contribution < -0.4 is 0 Å². The Balaban J connectivity index is 3.24. The van der Waals surface area contributed by atoms with Crippen molar-refractivity contribution < 1.29 is 0 Å². The van der Waals surface area contributed by atoms with Gasteiger partial charge < -0.3 is 0 Å². The Bertz CT molecular complexity index is 355. The zero-order valence-electron chi connectivity index (χ0n) is 8.06. The molecule has 1 aromatic carbocycles. The van der Waals surface area contributed by atoms with Crippen molar-refractivity contribution in [1.29, 1.82) is 5.26 Å². The van der Waals surface area contributed by atoms with Crippen LogP contribution in [0.3, 0.4) is 0 Å². The Labute approximate surface area is 92.9 Å². The highest BCUT2D eigenvalue weighted by molar-refractivity contribution is 14.1. The molecule has 0 saturated carbocycles. The maximum atomic E-state index is 8.85. The fourth-order valence-corrected chi connectivity index (χ4v) is 1.53. The number of hydrogen-bond acceptors (Lipinski definition) is 1. The molecular formula is C11H12IN. The van der Waals surface area contributed by atoms with Crippen molar-refractivity contribution in [3.8, 4) is 6.07 Å². The molecule has 0 aliphatic carbocycles. The van der Waals surface area contributed by atoms with Crippen LogP contribution in [0.25, 0.3) is 0 Å². The van der Waals surface area contributed by atoms with E-state index in [0.29, 0.717) is 0 Å². The number of hydrogen-bond donors (Lipinski definition) is 0. The number of nitriles is 1. The second-order valence-electron chi connectivity index (χ2n) is 4.06. The lowest BCUT2D eigenvalue weighted by atomic mass is 9.86. The van der Waals surface area contributed by atoms with Gasteiger partial charge in [0.05, 0.1) is 5.56 Å². The Kier molecular flexibility index (Phi) is 2.97. The van der Waals surface area contributed by atoms with Gasteiger partial charge in [-0.2, -0.15) is 5.26 Å². The van der Waals surface area contributed by atoms with Crippen LogP contribution in [0.4, 0.5) is 0 Å². The molecule has 0 amide bonds. The molecule has 0 aromatic heterocycles. The topological polar surface area (TPSA) is 23.8 Å². The molecule has 0 saturated heterocycles. The lowest BCUT2D eigenvalue weighted by Crippen LogP contribution is -2.11. The van der Waals surface area contributed by atoms with E-state index in [2.05, 4.69) is 55.5 Å². The summed E-state index contributed by atoms with van der Waals surface area (Å²) in [5, 5.41) is 8.85. The summed E-state index contributed by atoms with van der Waals surface area (Å²) in [7, 11) is 0. The molecule has 0 unspecified atom stereocenters. The van der Waals surface area contributed by atoms with Gasteiger partial charge in [-0.15, -0.1) is 0 Å². The summed E-state index contributed by atoms with van der Waals surface area (Å²) in [6.45, 7) is 6.45. The first-order chi connectivity index (χ1) is 5.95. The largest absolute Gasteiger partial charge is 0.192 e. The van der Waals surface area contributed by atoms with E-state index >= 15 is 0 Å². The quantitative estimate of drug-likeness (QED) is 0.670. The average Bonchev–Trinajstić information content (AvgIpc) is 2.03. The van der Waals surface area contributed by atoms with Gasteiger partial charge in [0.2, 0.25) is 0 Å². The third-order valence-electron chi connectivity index (χ3n) is 1.95. The minimum Gasteiger partial charge on any atom is -0.192 e. The van der Waals surface area contributed by atoms with Crippen LogP contribution in [0, 0.1) is 14.9 Å². The van der Waals surface area contributed by atoms with Gasteiger partial charge in [-0.3, -0.25) is 0 Å². The highest BCUT2D eigenvalue weighted by Gasteiger charge is 2.14. The Morgan fingerprint density at radius 1 is 1.31 bits per heavy atom. The van der Waals surface area contributed by atoms with Crippen molar-refractivity contribution in [3.63, 3.8) is 0 Å². The van der Waals surface area contributed by atoms with Gasteiger partial charge >= 0.3 is 0 Å². The van der Waals surface area contributed by atoms with Crippen molar-refractivity contribution >= 4 is 22.6 Å². The number of benzene rings is 1. The maximum absolute atomic E-state index is 8.85. The Hall–Kier alpha value is -0.560. The van der Waals surface area contributed by atoms with Crippen molar-refractivity contribution in [2.24, 2.45) is 0 Å². The van der Waals surface area contributed by atoms with E-state index < -0.39 is 0 Å². The molecule has 1 aromatic rings. The highest BCUT2D eigenvalue weighted by Crippen LogP contribution is 2.24. The fourth-order valence-electron chi connectivity index (χ4n) is 1.08. The van der Waals surface area contributed by atoms with Crippen molar-refractivity contribution in [2.45, 2.75) is 26.2 Å². The van der Waals surface area contributed by atoms with Crippen LogP contribution in [0.2, 0.25) is 0 Å². The smallest absolute Gasteiger partial charge is 0.100 e. The molecule has 0 fully saturated rings. The molecule has 0 spiro atoms. The minimum absolute atomic E-state index is 0.121. The zero-order valence-corrected chi connectivity index (χ0v) is 10.2. The highest BCUT2D eigenvalue weighted by atomic mass is 127. The predicted octanol–water partition coefficient (Wildman–Crippen LogP) is 3.46. The summed E-state index contributed by atoms with van der Waals surface area (Å²) in [4.78, 5) is 0. The van der Waals surface area contributed by atoms with E-state index in [1.54, 1.807) is 0 Å². The molecule has 13 heavy (non-hydrogen) atoms. The van der Waals surface area contributed by atoms with E-state index in [0.717, 1.165) is 9.13 Å². The fraction of sp³-hybridized carbons (Fsp3) is 0.364. The van der Waals surface area contributed by atoms with Gasteiger partial charge in [0.1, 0.15) is 6.07 Å². The van der Waals surface area contributed by atoms with Crippen molar-refractivity contribution in [2.75, 3.05) is 0 Å². The number of rotatable bonds is 0. The first kappa shape index (κ1) is 10.5. The van der Waals surface area contributed by atoms with Crippen LogP contribution in [0.1, 0.15) is 31.9 Å². The molecule has 0 radical (unpaired) electrons. The van der Waals surface area contributed by atoms with E-state index in [-0.39, 0.29) is 5.41 Å². The molecule has 0 atom stereocenters. The van der Waals surface area contributed by atoms with E-state index in [4.69, 9.17) is 5.26 Å². The van der Waals surface area contributed by atoms with E-state index in [9.17, 15) is 0 Å². The van der Waals surface area contributed by atoms with Crippen LogP contribution in [-0.4, -0.2) is 0 Å². The SMILES string of the molecule is CC(C)(C)c1ccc(I)c(C#N)c1. The zero-order chi connectivity index (χ0) is 10.1. The molecule has 1 rings (SSSR count). The summed E-state index contributed by atoms with van der Waals surface area (Å²) < 4.78 is 1.02. The Morgan fingerprint density at radius 2 is 1.92 bits per heavy atom. The van der Waals surface area contributed by atoms with Gasteiger partial charge in [0.25, 0.3) is 0 Å². The molecule has 68 valence electrons. The summed E-state index contributed by atoms with van der Waals surface area (Å²) >= 11 is 2.18. The summed E-state index contributed by atoms with van der Waals surface area (Å²) in [6.07, 6.45) is 0. The number of nitrogens with zero attached hydrogens (tertiary/aromatic N) is 1. The van der Waals surface area contributed by atoms with Gasteiger partial charge in [-0.05, 0) is 45.7 Å². The number of halogens is 1. The van der Waals surface area contributed by atoms with Crippen LogP contribution >= 0.6 is 22.6 Å². The first-order valence-corrected chi connectivity index (χ1v) is 5.23. The standard InChI is InChI=1S/C11H12IN/c1-11(2,3)9-4-5-10(12)8(6-9)7-13/h4-6H,1-3H3.